The number of amides is 2. The molecule has 1 aromatic carbocycles. The van der Waals surface area contributed by atoms with Crippen LogP contribution in [-0.2, 0) is 20.8 Å². The lowest BCUT2D eigenvalue weighted by atomic mass is 10.1. The fourth-order valence-electron chi connectivity index (χ4n) is 2.49. The molecule has 0 radical (unpaired) electrons. The van der Waals surface area contributed by atoms with Crippen LogP contribution < -0.4 is 5.32 Å². The van der Waals surface area contributed by atoms with E-state index in [9.17, 15) is 14.4 Å². The standard InChI is InChI=1S/C15H17BrN2O4/c16-11-4-1-3-10(7-11)8-13(19)17-9-14(20)18-6-2-5-12(18)15(21)22/h1,3-4,7,12H,2,5-6,8-9H2,(H,17,19)(H,21,22). The summed E-state index contributed by atoms with van der Waals surface area (Å²) in [6.07, 6.45) is 1.32. The van der Waals surface area contributed by atoms with E-state index in [2.05, 4.69) is 21.2 Å². The maximum absolute atomic E-state index is 12.0. The van der Waals surface area contributed by atoms with Gasteiger partial charge in [-0.05, 0) is 30.5 Å². The van der Waals surface area contributed by atoms with Gasteiger partial charge in [-0.25, -0.2) is 4.79 Å². The molecule has 22 heavy (non-hydrogen) atoms. The summed E-state index contributed by atoms with van der Waals surface area (Å²) >= 11 is 3.33. The fraction of sp³-hybridized carbons (Fsp3) is 0.400. The Morgan fingerprint density at radius 2 is 2.14 bits per heavy atom. The number of benzene rings is 1. The molecule has 1 aromatic rings. The summed E-state index contributed by atoms with van der Waals surface area (Å²) in [4.78, 5) is 36.2. The van der Waals surface area contributed by atoms with Gasteiger partial charge in [0.05, 0.1) is 13.0 Å². The molecule has 2 rings (SSSR count). The Balaban J connectivity index is 1.83. The van der Waals surface area contributed by atoms with Crippen molar-refractivity contribution in [2.24, 2.45) is 0 Å². The topological polar surface area (TPSA) is 86.7 Å². The van der Waals surface area contributed by atoms with E-state index in [4.69, 9.17) is 5.11 Å². The van der Waals surface area contributed by atoms with Crippen molar-refractivity contribution in [1.29, 1.82) is 0 Å². The average molecular weight is 369 g/mol. The Kier molecular flexibility index (Phi) is 5.54. The van der Waals surface area contributed by atoms with Gasteiger partial charge in [0.15, 0.2) is 0 Å². The number of hydrogen-bond acceptors (Lipinski definition) is 3. The third kappa shape index (κ3) is 4.30. The van der Waals surface area contributed by atoms with Gasteiger partial charge in [0.1, 0.15) is 6.04 Å². The highest BCUT2D eigenvalue weighted by molar-refractivity contribution is 9.10. The quantitative estimate of drug-likeness (QED) is 0.816. The van der Waals surface area contributed by atoms with Crippen molar-refractivity contribution in [2.75, 3.05) is 13.1 Å². The normalized spacial score (nSPS) is 17.3. The molecule has 1 atom stereocenters. The van der Waals surface area contributed by atoms with Crippen molar-refractivity contribution in [3.8, 4) is 0 Å². The molecule has 0 spiro atoms. The zero-order valence-electron chi connectivity index (χ0n) is 11.9. The van der Waals surface area contributed by atoms with Crippen LogP contribution in [0.3, 0.4) is 0 Å². The number of carbonyl (C=O) groups is 3. The van der Waals surface area contributed by atoms with Crippen molar-refractivity contribution >= 4 is 33.7 Å². The van der Waals surface area contributed by atoms with Gasteiger partial charge < -0.3 is 15.3 Å². The molecule has 6 nitrogen and oxygen atoms in total. The number of halogens is 1. The Morgan fingerprint density at radius 3 is 2.82 bits per heavy atom. The second-order valence-corrected chi connectivity index (χ2v) is 6.08. The summed E-state index contributed by atoms with van der Waals surface area (Å²) in [5, 5.41) is 11.6. The predicted octanol–water partition coefficient (Wildman–Crippen LogP) is 1.18. The summed E-state index contributed by atoms with van der Waals surface area (Å²) in [6.45, 7) is 0.258. The molecule has 0 aliphatic carbocycles. The van der Waals surface area contributed by atoms with E-state index in [0.29, 0.717) is 19.4 Å². The lowest BCUT2D eigenvalue weighted by molar-refractivity contribution is -0.148. The van der Waals surface area contributed by atoms with Crippen LogP contribution in [0.5, 0.6) is 0 Å². The third-order valence-electron chi connectivity index (χ3n) is 3.55. The first kappa shape index (κ1) is 16.5. The van der Waals surface area contributed by atoms with Gasteiger partial charge in [-0.2, -0.15) is 0 Å². The van der Waals surface area contributed by atoms with Crippen LogP contribution in [0.15, 0.2) is 28.7 Å². The summed E-state index contributed by atoms with van der Waals surface area (Å²) in [6, 6.07) is 6.59. The minimum atomic E-state index is -0.994. The van der Waals surface area contributed by atoms with Gasteiger partial charge in [-0.3, -0.25) is 9.59 Å². The first-order valence-electron chi connectivity index (χ1n) is 7.01. The van der Waals surface area contributed by atoms with E-state index in [-0.39, 0.29) is 24.8 Å². The van der Waals surface area contributed by atoms with E-state index in [1.165, 1.54) is 4.90 Å². The number of carboxylic acid groups (broad SMARTS) is 1. The van der Waals surface area contributed by atoms with Crippen molar-refractivity contribution in [3.05, 3.63) is 34.3 Å². The highest BCUT2D eigenvalue weighted by atomic mass is 79.9. The molecule has 7 heteroatoms. The molecule has 118 valence electrons. The molecule has 1 fully saturated rings. The Morgan fingerprint density at radius 1 is 1.36 bits per heavy atom. The van der Waals surface area contributed by atoms with Crippen molar-refractivity contribution in [3.63, 3.8) is 0 Å². The fourth-order valence-corrected chi connectivity index (χ4v) is 2.94. The van der Waals surface area contributed by atoms with Crippen LogP contribution in [0, 0.1) is 0 Å². The summed E-state index contributed by atoms with van der Waals surface area (Å²) in [5.41, 5.74) is 0.837. The monoisotopic (exact) mass is 368 g/mol. The van der Waals surface area contributed by atoms with Gasteiger partial charge in [0.25, 0.3) is 0 Å². The molecule has 2 N–H and O–H groups in total. The van der Waals surface area contributed by atoms with Crippen LogP contribution in [-0.4, -0.2) is 46.9 Å². The lowest BCUT2D eigenvalue weighted by Gasteiger charge is -2.21. The van der Waals surface area contributed by atoms with Crippen LogP contribution in [0.2, 0.25) is 0 Å². The summed E-state index contributed by atoms with van der Waals surface area (Å²) in [7, 11) is 0. The maximum Gasteiger partial charge on any atom is 0.326 e. The third-order valence-corrected chi connectivity index (χ3v) is 4.04. The molecule has 1 aliphatic rings. The predicted molar refractivity (Wildman–Crippen MR) is 83.2 cm³/mol. The smallest absolute Gasteiger partial charge is 0.326 e. The maximum atomic E-state index is 12.0. The molecule has 0 aromatic heterocycles. The second kappa shape index (κ2) is 7.40. The molecule has 1 heterocycles. The van der Waals surface area contributed by atoms with Crippen LogP contribution in [0.1, 0.15) is 18.4 Å². The molecule has 1 saturated heterocycles. The molecule has 0 bridgehead atoms. The van der Waals surface area contributed by atoms with Gasteiger partial charge in [-0.15, -0.1) is 0 Å². The molecule has 1 aliphatic heterocycles. The largest absolute Gasteiger partial charge is 0.480 e. The number of carboxylic acids is 1. The zero-order chi connectivity index (χ0) is 16.1. The molecule has 2 amide bonds. The Labute approximate surface area is 136 Å². The van der Waals surface area contributed by atoms with Crippen LogP contribution in [0.4, 0.5) is 0 Å². The number of rotatable bonds is 5. The van der Waals surface area contributed by atoms with E-state index in [1.54, 1.807) is 0 Å². The number of hydrogen-bond donors (Lipinski definition) is 2. The van der Waals surface area contributed by atoms with Crippen molar-refractivity contribution in [1.82, 2.24) is 10.2 Å². The number of nitrogens with zero attached hydrogens (tertiary/aromatic N) is 1. The molecule has 1 unspecified atom stereocenters. The van der Waals surface area contributed by atoms with E-state index in [1.807, 2.05) is 24.3 Å². The highest BCUT2D eigenvalue weighted by Crippen LogP contribution is 2.17. The number of likely N-dealkylation sites (tertiary alicyclic amines) is 1. The SMILES string of the molecule is O=C(Cc1cccc(Br)c1)NCC(=O)N1CCCC1C(=O)O. The van der Waals surface area contributed by atoms with Gasteiger partial charge in [0, 0.05) is 11.0 Å². The van der Waals surface area contributed by atoms with Gasteiger partial charge in [0.2, 0.25) is 11.8 Å². The highest BCUT2D eigenvalue weighted by Gasteiger charge is 2.33. The van der Waals surface area contributed by atoms with Crippen molar-refractivity contribution < 1.29 is 19.5 Å². The second-order valence-electron chi connectivity index (χ2n) is 5.17. The number of carbonyl (C=O) groups excluding carboxylic acids is 2. The molecule has 0 saturated carbocycles. The van der Waals surface area contributed by atoms with Gasteiger partial charge in [-0.1, -0.05) is 28.1 Å². The van der Waals surface area contributed by atoms with E-state index >= 15 is 0 Å². The first-order valence-corrected chi connectivity index (χ1v) is 7.80. The lowest BCUT2D eigenvalue weighted by Crippen LogP contribution is -2.45. The minimum Gasteiger partial charge on any atom is -0.480 e. The van der Waals surface area contributed by atoms with E-state index < -0.39 is 12.0 Å². The summed E-state index contributed by atoms with van der Waals surface area (Å²) in [5.74, 6) is -1.61. The first-order chi connectivity index (χ1) is 10.5. The average Bonchev–Trinajstić information content (AvgIpc) is 2.94. The number of aliphatic carboxylic acids is 1. The van der Waals surface area contributed by atoms with Crippen molar-refractivity contribution in [2.45, 2.75) is 25.3 Å². The zero-order valence-corrected chi connectivity index (χ0v) is 13.5. The van der Waals surface area contributed by atoms with E-state index in [0.717, 1.165) is 10.0 Å². The Hall–Kier alpha value is -1.89. The van der Waals surface area contributed by atoms with Crippen LogP contribution in [0.25, 0.3) is 0 Å². The minimum absolute atomic E-state index is 0.170. The summed E-state index contributed by atoms with van der Waals surface area (Å²) < 4.78 is 0.884. The van der Waals surface area contributed by atoms with Crippen LogP contribution >= 0.6 is 15.9 Å². The number of nitrogens with one attached hydrogen (secondary N) is 1. The molecular weight excluding hydrogens is 352 g/mol. The van der Waals surface area contributed by atoms with Gasteiger partial charge >= 0.3 is 5.97 Å². The Bertz CT molecular complexity index is 591. The molecular formula is C15H17BrN2O4.